The van der Waals surface area contributed by atoms with E-state index in [0.29, 0.717) is 11.3 Å². The fourth-order valence-corrected chi connectivity index (χ4v) is 2.40. The first-order chi connectivity index (χ1) is 9.68. The highest BCUT2D eigenvalue weighted by Gasteiger charge is 2.16. The lowest BCUT2D eigenvalue weighted by atomic mass is 9.95. The molecular formula is C17H19NO. The summed E-state index contributed by atoms with van der Waals surface area (Å²) in [7, 11) is 0. The van der Waals surface area contributed by atoms with Gasteiger partial charge in [0.05, 0.1) is 0 Å². The van der Waals surface area contributed by atoms with Gasteiger partial charge in [0.2, 0.25) is 0 Å². The molecule has 0 atom stereocenters. The second-order valence-electron chi connectivity index (χ2n) is 5.33. The van der Waals surface area contributed by atoms with Gasteiger partial charge in [-0.3, -0.25) is 0 Å². The van der Waals surface area contributed by atoms with Crippen LogP contribution in [0.15, 0.2) is 34.7 Å². The van der Waals surface area contributed by atoms with Crippen molar-refractivity contribution in [1.82, 2.24) is 4.98 Å². The first kappa shape index (κ1) is 10.0. The van der Waals surface area contributed by atoms with Crippen LogP contribution in [0.25, 0.3) is 22.1 Å². The number of nitrogens with zero attached hydrogens (tertiary/aromatic N) is 1. The third-order valence-corrected chi connectivity index (χ3v) is 3.36. The van der Waals surface area contributed by atoms with E-state index in [0.717, 1.165) is 22.0 Å². The largest absolute Gasteiger partial charge is 0.454 e. The minimum absolute atomic E-state index is 0.640. The third kappa shape index (κ3) is 1.92. The standard InChI is InChI=1S/C17H19NO/c1-10(2)13-9-15-17(18-16(13)11(3)4)12-7-5-6-8-14(12)19-15/h5-11H,1-4H3/i10D,11D. The SMILES string of the molecule is [2H]C(C)(C)c1cc2oc3ccccc3c2nc1C([2H])(C)C. The zero-order valence-corrected chi connectivity index (χ0v) is 11.7. The number of fused-ring (bicyclic) bond motifs is 3. The van der Waals surface area contributed by atoms with Gasteiger partial charge in [-0.05, 0) is 35.6 Å². The third-order valence-electron chi connectivity index (χ3n) is 3.36. The van der Waals surface area contributed by atoms with Gasteiger partial charge in [0, 0.05) is 13.8 Å². The number of benzene rings is 1. The van der Waals surface area contributed by atoms with Gasteiger partial charge in [-0.1, -0.05) is 39.8 Å². The minimum Gasteiger partial charge on any atom is -0.454 e. The second kappa shape index (κ2) is 4.37. The minimum atomic E-state index is -0.861. The highest BCUT2D eigenvalue weighted by atomic mass is 16.3. The Hall–Kier alpha value is -1.83. The molecule has 0 spiro atoms. The van der Waals surface area contributed by atoms with Crippen LogP contribution < -0.4 is 0 Å². The highest BCUT2D eigenvalue weighted by Crippen LogP contribution is 2.33. The molecule has 2 nitrogen and oxygen atoms in total. The van der Waals surface area contributed by atoms with Gasteiger partial charge in [0.1, 0.15) is 11.1 Å². The van der Waals surface area contributed by atoms with Gasteiger partial charge in [0.15, 0.2) is 5.58 Å². The Labute approximate surface area is 116 Å². The van der Waals surface area contributed by atoms with Crippen molar-refractivity contribution < 1.29 is 7.16 Å². The Balaban J connectivity index is 2.44. The number of aromatic nitrogens is 1. The number of rotatable bonds is 2. The van der Waals surface area contributed by atoms with Gasteiger partial charge in [0.25, 0.3) is 0 Å². The van der Waals surface area contributed by atoms with Crippen LogP contribution in [-0.4, -0.2) is 4.98 Å². The molecule has 3 aromatic rings. The fourth-order valence-electron chi connectivity index (χ4n) is 2.40. The smallest absolute Gasteiger partial charge is 0.154 e. The summed E-state index contributed by atoms with van der Waals surface area (Å²) in [6.45, 7) is 7.23. The molecule has 0 radical (unpaired) electrons. The van der Waals surface area contributed by atoms with Gasteiger partial charge in [-0.25, -0.2) is 4.98 Å². The van der Waals surface area contributed by atoms with Crippen LogP contribution in [0.4, 0.5) is 0 Å². The predicted octanol–water partition coefficient (Wildman–Crippen LogP) is 5.23. The van der Waals surface area contributed by atoms with Crippen LogP contribution in [0.5, 0.6) is 0 Å². The molecule has 0 aliphatic carbocycles. The van der Waals surface area contributed by atoms with E-state index in [2.05, 4.69) is 0 Å². The van der Waals surface area contributed by atoms with E-state index in [1.165, 1.54) is 0 Å². The molecule has 2 heteroatoms. The summed E-state index contributed by atoms with van der Waals surface area (Å²) in [5.74, 6) is -1.69. The van der Waals surface area contributed by atoms with Gasteiger partial charge < -0.3 is 4.42 Å². The molecule has 1 aromatic carbocycles. The van der Waals surface area contributed by atoms with Crippen molar-refractivity contribution in [3.63, 3.8) is 0 Å². The quantitative estimate of drug-likeness (QED) is 0.626. The van der Waals surface area contributed by atoms with Gasteiger partial charge >= 0.3 is 0 Å². The van der Waals surface area contributed by atoms with Crippen LogP contribution in [0, 0.1) is 0 Å². The molecule has 2 aromatic heterocycles. The van der Waals surface area contributed by atoms with E-state index in [1.54, 1.807) is 13.8 Å². The fraction of sp³-hybridized carbons (Fsp3) is 0.353. The summed E-state index contributed by atoms with van der Waals surface area (Å²) >= 11 is 0. The van der Waals surface area contributed by atoms with E-state index in [-0.39, 0.29) is 0 Å². The van der Waals surface area contributed by atoms with E-state index in [9.17, 15) is 0 Å². The maximum Gasteiger partial charge on any atom is 0.154 e. The predicted molar refractivity (Wildman–Crippen MR) is 79.7 cm³/mol. The van der Waals surface area contributed by atoms with Crippen LogP contribution in [0.2, 0.25) is 0 Å². The molecule has 19 heavy (non-hydrogen) atoms. The van der Waals surface area contributed by atoms with E-state index in [1.807, 2.05) is 44.2 Å². The highest BCUT2D eigenvalue weighted by molar-refractivity contribution is 6.02. The molecule has 0 saturated carbocycles. The molecule has 0 bridgehead atoms. The summed E-state index contributed by atoms with van der Waals surface area (Å²) in [5.41, 5.74) is 3.62. The molecule has 0 saturated heterocycles. The molecule has 0 fully saturated rings. The number of para-hydroxylation sites is 1. The van der Waals surface area contributed by atoms with E-state index < -0.39 is 11.8 Å². The van der Waals surface area contributed by atoms with Gasteiger partial charge in [-0.2, -0.15) is 0 Å². The number of pyridine rings is 1. The van der Waals surface area contributed by atoms with Crippen molar-refractivity contribution in [3.05, 3.63) is 41.6 Å². The molecule has 0 aliphatic heterocycles. The van der Waals surface area contributed by atoms with Crippen LogP contribution in [-0.2, 0) is 0 Å². The molecular weight excluding hydrogens is 234 g/mol. The Morgan fingerprint density at radius 2 is 1.79 bits per heavy atom. The van der Waals surface area contributed by atoms with Crippen LogP contribution in [0.1, 0.15) is 53.5 Å². The van der Waals surface area contributed by atoms with Crippen molar-refractivity contribution in [1.29, 1.82) is 0 Å². The lowest BCUT2D eigenvalue weighted by Crippen LogP contribution is -2.01. The Bertz CT molecular complexity index is 822. The summed E-state index contributed by atoms with van der Waals surface area (Å²) < 4.78 is 22.5. The van der Waals surface area contributed by atoms with E-state index in [4.69, 9.17) is 12.1 Å². The van der Waals surface area contributed by atoms with Crippen molar-refractivity contribution in [2.75, 3.05) is 0 Å². The molecule has 2 heterocycles. The molecule has 0 N–H and O–H groups in total. The summed E-state index contributed by atoms with van der Waals surface area (Å²) in [4.78, 5) is 4.70. The average Bonchev–Trinajstić information content (AvgIpc) is 2.73. The van der Waals surface area contributed by atoms with Crippen molar-refractivity contribution >= 4 is 22.1 Å². The first-order valence-electron chi connectivity index (χ1n) is 7.51. The Morgan fingerprint density at radius 3 is 2.47 bits per heavy atom. The normalized spacial score (nSPS) is 14.7. The maximum atomic E-state index is 8.35. The topological polar surface area (TPSA) is 26.0 Å². The van der Waals surface area contributed by atoms with Crippen LogP contribution in [0.3, 0.4) is 0 Å². The Kier molecular flexibility index (Phi) is 2.31. The lowest BCUT2D eigenvalue weighted by molar-refractivity contribution is 0.663. The zero-order valence-electron chi connectivity index (χ0n) is 13.7. The number of furan rings is 1. The van der Waals surface area contributed by atoms with E-state index >= 15 is 0 Å². The molecule has 98 valence electrons. The van der Waals surface area contributed by atoms with Gasteiger partial charge in [-0.15, -0.1) is 0 Å². The number of hydrogen-bond acceptors (Lipinski definition) is 2. The maximum absolute atomic E-state index is 8.35. The van der Waals surface area contributed by atoms with Crippen molar-refractivity contribution in [2.45, 2.75) is 39.5 Å². The summed E-state index contributed by atoms with van der Waals surface area (Å²) in [6, 6.07) is 9.64. The Morgan fingerprint density at radius 1 is 1.05 bits per heavy atom. The van der Waals surface area contributed by atoms with Crippen LogP contribution >= 0.6 is 0 Å². The average molecular weight is 255 g/mol. The second-order valence-corrected chi connectivity index (χ2v) is 5.33. The van der Waals surface area contributed by atoms with Crippen molar-refractivity contribution in [3.8, 4) is 0 Å². The monoisotopic (exact) mass is 255 g/mol. The molecule has 3 rings (SSSR count). The summed E-state index contributed by atoms with van der Waals surface area (Å²) in [5, 5.41) is 0.951. The molecule has 0 amide bonds. The lowest BCUT2D eigenvalue weighted by Gasteiger charge is -2.14. The number of hydrogen-bond donors (Lipinski definition) is 0. The molecule has 0 unspecified atom stereocenters. The molecule has 0 aliphatic rings. The first-order valence-corrected chi connectivity index (χ1v) is 6.51. The zero-order chi connectivity index (χ0) is 15.4. The summed E-state index contributed by atoms with van der Waals surface area (Å²) in [6.07, 6.45) is 0. The van der Waals surface area contributed by atoms with Crippen molar-refractivity contribution in [2.24, 2.45) is 0 Å².